The summed E-state index contributed by atoms with van der Waals surface area (Å²) in [5.41, 5.74) is 2.60. The highest BCUT2D eigenvalue weighted by Gasteiger charge is 2.25. The lowest BCUT2D eigenvalue weighted by Gasteiger charge is -2.39. The number of rotatable bonds is 6. The number of halogens is 1. The highest BCUT2D eigenvalue weighted by molar-refractivity contribution is 9.10. The van der Waals surface area contributed by atoms with Crippen molar-refractivity contribution in [2.45, 2.75) is 32.5 Å². The van der Waals surface area contributed by atoms with E-state index in [9.17, 15) is 0 Å². The van der Waals surface area contributed by atoms with Crippen LogP contribution in [0.4, 0.5) is 5.69 Å². The van der Waals surface area contributed by atoms with Crippen molar-refractivity contribution in [2.75, 3.05) is 38.3 Å². The van der Waals surface area contributed by atoms with E-state index in [0.29, 0.717) is 6.04 Å². The van der Waals surface area contributed by atoms with Gasteiger partial charge in [0.2, 0.25) is 0 Å². The fourth-order valence-electron chi connectivity index (χ4n) is 2.59. The second-order valence-corrected chi connectivity index (χ2v) is 6.50. The van der Waals surface area contributed by atoms with Gasteiger partial charge in [0.05, 0.1) is 19.3 Å². The summed E-state index contributed by atoms with van der Waals surface area (Å²) in [7, 11) is 1.73. The van der Waals surface area contributed by atoms with Gasteiger partial charge < -0.3 is 19.7 Å². The number of nitrogens with zero attached hydrogens (tertiary/aromatic N) is 1. The minimum Gasteiger partial charge on any atom is -0.383 e. The van der Waals surface area contributed by atoms with Crippen LogP contribution in [0.3, 0.4) is 0 Å². The average molecular weight is 357 g/mol. The van der Waals surface area contributed by atoms with E-state index in [1.54, 1.807) is 7.11 Å². The number of benzene rings is 1. The summed E-state index contributed by atoms with van der Waals surface area (Å²) >= 11 is 3.59. The summed E-state index contributed by atoms with van der Waals surface area (Å²) in [4.78, 5) is 2.45. The summed E-state index contributed by atoms with van der Waals surface area (Å²) < 4.78 is 11.9. The maximum absolute atomic E-state index is 5.74. The second-order valence-electron chi connectivity index (χ2n) is 5.59. The molecular formula is C16H25BrN2O2. The first-order chi connectivity index (χ1) is 10.1. The van der Waals surface area contributed by atoms with E-state index < -0.39 is 0 Å². The Morgan fingerprint density at radius 3 is 3.00 bits per heavy atom. The van der Waals surface area contributed by atoms with Crippen LogP contribution >= 0.6 is 15.9 Å². The van der Waals surface area contributed by atoms with Gasteiger partial charge in [-0.1, -0.05) is 22.0 Å². The molecule has 1 aromatic rings. The van der Waals surface area contributed by atoms with E-state index in [1.807, 2.05) is 0 Å². The summed E-state index contributed by atoms with van der Waals surface area (Å²) in [5, 5.41) is 3.43. The molecule has 118 valence electrons. The summed E-state index contributed by atoms with van der Waals surface area (Å²) in [6.45, 7) is 8.51. The standard InChI is InChI=1S/C16H25BrN2O2/c1-12-11-21-13(2)10-19(12)16-8-15(17)5-4-14(16)9-18-6-7-20-3/h4-5,8,12-13,18H,6-7,9-11H2,1-3H3. The zero-order valence-electron chi connectivity index (χ0n) is 13.1. The molecule has 0 aromatic heterocycles. The molecule has 0 saturated carbocycles. The van der Waals surface area contributed by atoms with Crippen LogP contribution in [-0.2, 0) is 16.0 Å². The quantitative estimate of drug-likeness (QED) is 0.794. The van der Waals surface area contributed by atoms with Crippen LogP contribution in [0.15, 0.2) is 22.7 Å². The molecule has 0 bridgehead atoms. The van der Waals surface area contributed by atoms with Gasteiger partial charge in [-0.05, 0) is 31.5 Å². The van der Waals surface area contributed by atoms with Crippen LogP contribution in [0.2, 0.25) is 0 Å². The van der Waals surface area contributed by atoms with Gasteiger partial charge in [0, 0.05) is 42.9 Å². The van der Waals surface area contributed by atoms with Crippen LogP contribution in [0.1, 0.15) is 19.4 Å². The number of anilines is 1. The molecule has 1 heterocycles. The molecule has 0 aliphatic carbocycles. The number of morpholine rings is 1. The normalized spacial score (nSPS) is 22.6. The molecule has 2 rings (SSSR count). The maximum atomic E-state index is 5.74. The van der Waals surface area contributed by atoms with Crippen molar-refractivity contribution in [3.8, 4) is 0 Å². The van der Waals surface area contributed by atoms with Crippen molar-refractivity contribution in [1.82, 2.24) is 5.32 Å². The zero-order chi connectivity index (χ0) is 15.2. The summed E-state index contributed by atoms with van der Waals surface area (Å²) in [6.07, 6.45) is 0.273. The minimum atomic E-state index is 0.273. The van der Waals surface area contributed by atoms with Crippen LogP contribution in [0.5, 0.6) is 0 Å². The molecule has 1 aliphatic rings. The van der Waals surface area contributed by atoms with E-state index >= 15 is 0 Å². The fraction of sp³-hybridized carbons (Fsp3) is 0.625. The lowest BCUT2D eigenvalue weighted by molar-refractivity contribution is 0.0343. The van der Waals surface area contributed by atoms with Crippen molar-refractivity contribution in [3.63, 3.8) is 0 Å². The van der Waals surface area contributed by atoms with E-state index in [-0.39, 0.29) is 6.10 Å². The maximum Gasteiger partial charge on any atom is 0.0723 e. The van der Waals surface area contributed by atoms with Gasteiger partial charge in [0.15, 0.2) is 0 Å². The molecule has 21 heavy (non-hydrogen) atoms. The third kappa shape index (κ3) is 4.68. The number of hydrogen-bond acceptors (Lipinski definition) is 4. The summed E-state index contributed by atoms with van der Waals surface area (Å²) in [5.74, 6) is 0. The molecule has 2 unspecified atom stereocenters. The Labute approximate surface area is 135 Å². The average Bonchev–Trinajstić information content (AvgIpc) is 2.47. The largest absolute Gasteiger partial charge is 0.383 e. The van der Waals surface area contributed by atoms with Crippen molar-refractivity contribution in [3.05, 3.63) is 28.2 Å². The Morgan fingerprint density at radius 2 is 2.24 bits per heavy atom. The first-order valence-corrected chi connectivity index (χ1v) is 8.27. The Bertz CT molecular complexity index is 456. The molecule has 1 N–H and O–H groups in total. The first-order valence-electron chi connectivity index (χ1n) is 7.48. The fourth-order valence-corrected chi connectivity index (χ4v) is 2.94. The molecule has 0 spiro atoms. The van der Waals surface area contributed by atoms with Gasteiger partial charge >= 0.3 is 0 Å². The molecule has 1 fully saturated rings. The van der Waals surface area contributed by atoms with Gasteiger partial charge in [0.25, 0.3) is 0 Å². The lowest BCUT2D eigenvalue weighted by Crippen LogP contribution is -2.48. The van der Waals surface area contributed by atoms with Gasteiger partial charge in [0.1, 0.15) is 0 Å². The van der Waals surface area contributed by atoms with E-state index in [4.69, 9.17) is 9.47 Å². The highest BCUT2D eigenvalue weighted by Crippen LogP contribution is 2.29. The number of hydrogen-bond donors (Lipinski definition) is 1. The lowest BCUT2D eigenvalue weighted by atomic mass is 10.1. The molecule has 5 heteroatoms. The van der Waals surface area contributed by atoms with Gasteiger partial charge in [-0.15, -0.1) is 0 Å². The van der Waals surface area contributed by atoms with E-state index in [1.165, 1.54) is 11.3 Å². The van der Waals surface area contributed by atoms with Gasteiger partial charge in [-0.25, -0.2) is 0 Å². The minimum absolute atomic E-state index is 0.273. The molecular weight excluding hydrogens is 332 g/mol. The third-order valence-corrected chi connectivity index (χ3v) is 4.26. The van der Waals surface area contributed by atoms with Crippen LogP contribution in [-0.4, -0.2) is 45.6 Å². The number of ether oxygens (including phenoxy) is 2. The molecule has 1 saturated heterocycles. The molecule has 1 aromatic carbocycles. The van der Waals surface area contributed by atoms with Crippen molar-refractivity contribution in [2.24, 2.45) is 0 Å². The van der Waals surface area contributed by atoms with Gasteiger partial charge in [-0.3, -0.25) is 0 Å². The van der Waals surface area contributed by atoms with Crippen molar-refractivity contribution in [1.29, 1.82) is 0 Å². The van der Waals surface area contributed by atoms with Crippen molar-refractivity contribution < 1.29 is 9.47 Å². The Kier molecular flexibility index (Phi) is 6.48. The smallest absolute Gasteiger partial charge is 0.0723 e. The Hall–Kier alpha value is -0.620. The molecule has 2 atom stereocenters. The second kappa shape index (κ2) is 8.13. The molecule has 1 aliphatic heterocycles. The third-order valence-electron chi connectivity index (χ3n) is 3.76. The van der Waals surface area contributed by atoms with Gasteiger partial charge in [-0.2, -0.15) is 0 Å². The number of methoxy groups -OCH3 is 1. The van der Waals surface area contributed by atoms with Crippen LogP contribution < -0.4 is 10.2 Å². The SMILES string of the molecule is COCCNCc1ccc(Br)cc1N1CC(C)OCC1C. The molecule has 4 nitrogen and oxygen atoms in total. The van der Waals surface area contributed by atoms with Crippen LogP contribution in [0, 0.1) is 0 Å². The first kappa shape index (κ1) is 16.7. The molecule has 0 radical (unpaired) electrons. The molecule has 0 amide bonds. The van der Waals surface area contributed by atoms with E-state index in [2.05, 4.69) is 58.2 Å². The highest BCUT2D eigenvalue weighted by atomic mass is 79.9. The Balaban J connectivity index is 2.13. The monoisotopic (exact) mass is 356 g/mol. The van der Waals surface area contributed by atoms with E-state index in [0.717, 1.165) is 37.3 Å². The number of nitrogens with one attached hydrogen (secondary N) is 1. The van der Waals surface area contributed by atoms with Crippen LogP contribution in [0.25, 0.3) is 0 Å². The Morgan fingerprint density at radius 1 is 1.43 bits per heavy atom. The zero-order valence-corrected chi connectivity index (χ0v) is 14.6. The summed E-state index contributed by atoms with van der Waals surface area (Å²) in [6, 6.07) is 6.90. The topological polar surface area (TPSA) is 33.7 Å². The predicted octanol–water partition coefficient (Wildman–Crippen LogP) is 2.80. The predicted molar refractivity (Wildman–Crippen MR) is 89.9 cm³/mol. The van der Waals surface area contributed by atoms with Crippen molar-refractivity contribution >= 4 is 21.6 Å².